The smallest absolute Gasteiger partial charge is 0.358 e. The molecule has 0 radical (unpaired) electrons. The van der Waals surface area contributed by atoms with E-state index < -0.39 is 35.3 Å². The summed E-state index contributed by atoms with van der Waals surface area (Å²) >= 11 is 0. The number of alkyl halides is 2. The summed E-state index contributed by atoms with van der Waals surface area (Å²) < 4.78 is 41.6. The predicted molar refractivity (Wildman–Crippen MR) is 44.9 cm³/mol. The van der Waals surface area contributed by atoms with Crippen molar-refractivity contribution in [1.82, 2.24) is 4.98 Å². The minimum Gasteiger partial charge on any atom is -0.464 e. The number of rotatable bonds is 2. The maximum absolute atomic E-state index is 13.0. The van der Waals surface area contributed by atoms with Crippen molar-refractivity contribution in [3.8, 4) is 0 Å². The monoisotopic (exact) mass is 220 g/mol. The lowest BCUT2D eigenvalue weighted by molar-refractivity contribution is 0.0593. The Morgan fingerprint density at radius 3 is 2.67 bits per heavy atom. The Morgan fingerprint density at radius 1 is 1.60 bits per heavy atom. The molecule has 4 nitrogen and oxygen atoms in total. The Balaban J connectivity index is 3.31. The average molecular weight is 220 g/mol. The molecule has 0 aromatic carbocycles. The standard InChI is InChI=1S/C8H7F3N2O2/c1-15-8(14)6-5(12)3(9)2-4(13-6)7(10)11/h2,7H,12H2,1H3. The molecule has 0 fully saturated rings. The van der Waals surface area contributed by atoms with Gasteiger partial charge in [0.25, 0.3) is 6.43 Å². The molecule has 0 aliphatic heterocycles. The van der Waals surface area contributed by atoms with Crippen molar-refractivity contribution in [2.24, 2.45) is 0 Å². The van der Waals surface area contributed by atoms with Gasteiger partial charge in [-0.25, -0.2) is 22.9 Å². The molecule has 82 valence electrons. The minimum absolute atomic E-state index is 0.479. The molecule has 2 N–H and O–H groups in total. The van der Waals surface area contributed by atoms with Crippen LogP contribution in [0, 0.1) is 5.82 Å². The van der Waals surface area contributed by atoms with Crippen molar-refractivity contribution in [3.05, 3.63) is 23.3 Å². The first kappa shape index (κ1) is 11.3. The highest BCUT2D eigenvalue weighted by atomic mass is 19.3. The van der Waals surface area contributed by atoms with E-state index in [-0.39, 0.29) is 0 Å². The lowest BCUT2D eigenvalue weighted by Gasteiger charge is -2.06. The quantitative estimate of drug-likeness (QED) is 0.767. The summed E-state index contributed by atoms with van der Waals surface area (Å²) in [6.45, 7) is 0. The van der Waals surface area contributed by atoms with Gasteiger partial charge in [0, 0.05) is 6.07 Å². The summed E-state index contributed by atoms with van der Waals surface area (Å²) in [6.07, 6.45) is -2.98. The molecule has 0 saturated carbocycles. The number of esters is 1. The predicted octanol–water partition coefficient (Wildman–Crippen LogP) is 1.53. The van der Waals surface area contributed by atoms with Crippen LogP contribution in [-0.4, -0.2) is 18.1 Å². The number of carbonyl (C=O) groups is 1. The Morgan fingerprint density at radius 2 is 2.20 bits per heavy atom. The normalized spacial score (nSPS) is 10.5. The largest absolute Gasteiger partial charge is 0.464 e. The maximum atomic E-state index is 13.0. The summed E-state index contributed by atoms with van der Waals surface area (Å²) in [4.78, 5) is 14.2. The Labute approximate surface area is 82.9 Å². The van der Waals surface area contributed by atoms with Crippen molar-refractivity contribution in [2.75, 3.05) is 12.8 Å². The van der Waals surface area contributed by atoms with Crippen molar-refractivity contribution < 1.29 is 22.7 Å². The van der Waals surface area contributed by atoms with Gasteiger partial charge in [-0.15, -0.1) is 0 Å². The highest BCUT2D eigenvalue weighted by molar-refractivity contribution is 5.92. The zero-order chi connectivity index (χ0) is 11.6. The second-order valence-electron chi connectivity index (χ2n) is 2.58. The molecule has 0 spiro atoms. The number of ether oxygens (including phenoxy) is 1. The molecule has 0 unspecified atom stereocenters. The molecule has 0 amide bonds. The van der Waals surface area contributed by atoms with Crippen LogP contribution in [-0.2, 0) is 4.74 Å². The number of pyridine rings is 1. The minimum atomic E-state index is -2.98. The summed E-state index contributed by atoms with van der Waals surface area (Å²) in [5.41, 5.74) is 3.03. The first-order valence-electron chi connectivity index (χ1n) is 3.79. The fraction of sp³-hybridized carbons (Fsp3) is 0.250. The molecular weight excluding hydrogens is 213 g/mol. The zero-order valence-electron chi connectivity index (χ0n) is 7.63. The number of anilines is 1. The Hall–Kier alpha value is -1.79. The summed E-state index contributed by atoms with van der Waals surface area (Å²) in [6, 6.07) is 0.479. The Bertz CT molecular complexity index is 396. The van der Waals surface area contributed by atoms with Crippen molar-refractivity contribution in [3.63, 3.8) is 0 Å². The van der Waals surface area contributed by atoms with Crippen molar-refractivity contribution in [2.45, 2.75) is 6.43 Å². The molecule has 1 heterocycles. The van der Waals surface area contributed by atoms with Crippen LogP contribution in [0.2, 0.25) is 0 Å². The van der Waals surface area contributed by atoms with Crippen LogP contribution in [0.3, 0.4) is 0 Å². The van der Waals surface area contributed by atoms with E-state index in [4.69, 9.17) is 5.73 Å². The molecule has 0 atom stereocenters. The number of nitrogen functional groups attached to an aromatic ring is 1. The van der Waals surface area contributed by atoms with Gasteiger partial charge in [-0.1, -0.05) is 0 Å². The Kier molecular flexibility index (Phi) is 3.13. The number of nitrogens with two attached hydrogens (primary N) is 1. The van der Waals surface area contributed by atoms with Crippen LogP contribution in [0.4, 0.5) is 18.9 Å². The fourth-order valence-electron chi connectivity index (χ4n) is 0.906. The van der Waals surface area contributed by atoms with Gasteiger partial charge in [0.05, 0.1) is 7.11 Å². The van der Waals surface area contributed by atoms with E-state index in [0.29, 0.717) is 6.07 Å². The van der Waals surface area contributed by atoms with Gasteiger partial charge in [-0.3, -0.25) is 0 Å². The van der Waals surface area contributed by atoms with Crippen LogP contribution in [0.15, 0.2) is 6.07 Å². The lowest BCUT2D eigenvalue weighted by Crippen LogP contribution is -2.12. The number of methoxy groups -OCH3 is 1. The molecule has 7 heteroatoms. The maximum Gasteiger partial charge on any atom is 0.358 e. The number of carbonyl (C=O) groups excluding carboxylic acids is 1. The van der Waals surface area contributed by atoms with E-state index in [1.165, 1.54) is 0 Å². The highest BCUT2D eigenvalue weighted by Crippen LogP contribution is 2.22. The topological polar surface area (TPSA) is 65.2 Å². The molecule has 0 bridgehead atoms. The SMILES string of the molecule is COC(=O)c1nc(C(F)F)cc(F)c1N. The third kappa shape index (κ3) is 2.17. The van der Waals surface area contributed by atoms with Crippen molar-refractivity contribution >= 4 is 11.7 Å². The first-order chi connectivity index (χ1) is 6.97. The molecular formula is C8H7F3N2O2. The van der Waals surface area contributed by atoms with E-state index in [0.717, 1.165) is 7.11 Å². The second kappa shape index (κ2) is 4.16. The van der Waals surface area contributed by atoms with Gasteiger partial charge in [-0.2, -0.15) is 0 Å². The van der Waals surface area contributed by atoms with Gasteiger partial charge in [0.2, 0.25) is 0 Å². The van der Waals surface area contributed by atoms with Crippen LogP contribution in [0.5, 0.6) is 0 Å². The number of aromatic nitrogens is 1. The molecule has 1 rings (SSSR count). The molecule has 15 heavy (non-hydrogen) atoms. The van der Waals surface area contributed by atoms with Gasteiger partial charge in [-0.05, 0) is 0 Å². The molecule has 1 aromatic rings. The molecule has 0 saturated heterocycles. The average Bonchev–Trinajstić information content (AvgIpc) is 2.20. The van der Waals surface area contributed by atoms with E-state index >= 15 is 0 Å². The fourth-order valence-corrected chi connectivity index (χ4v) is 0.906. The molecule has 0 aliphatic carbocycles. The van der Waals surface area contributed by atoms with Crippen LogP contribution in [0.1, 0.15) is 22.6 Å². The third-order valence-electron chi connectivity index (χ3n) is 1.63. The van der Waals surface area contributed by atoms with Crippen LogP contribution in [0.25, 0.3) is 0 Å². The van der Waals surface area contributed by atoms with Gasteiger partial charge >= 0.3 is 5.97 Å². The van der Waals surface area contributed by atoms with E-state index in [1.807, 2.05) is 0 Å². The molecule has 1 aromatic heterocycles. The van der Waals surface area contributed by atoms with Crippen LogP contribution >= 0.6 is 0 Å². The van der Waals surface area contributed by atoms with Crippen LogP contribution < -0.4 is 5.73 Å². The van der Waals surface area contributed by atoms with Gasteiger partial charge in [0.1, 0.15) is 11.4 Å². The van der Waals surface area contributed by atoms with E-state index in [9.17, 15) is 18.0 Å². The summed E-state index contributed by atoms with van der Waals surface area (Å²) in [7, 11) is 1.01. The van der Waals surface area contributed by atoms with E-state index in [1.54, 1.807) is 0 Å². The zero-order valence-corrected chi connectivity index (χ0v) is 7.63. The summed E-state index contributed by atoms with van der Waals surface area (Å²) in [5, 5.41) is 0. The van der Waals surface area contributed by atoms with Gasteiger partial charge < -0.3 is 10.5 Å². The van der Waals surface area contributed by atoms with Gasteiger partial charge in [0.15, 0.2) is 11.5 Å². The number of nitrogens with zero attached hydrogens (tertiary/aromatic N) is 1. The molecule has 0 aliphatic rings. The van der Waals surface area contributed by atoms with E-state index in [2.05, 4.69) is 9.72 Å². The first-order valence-corrected chi connectivity index (χ1v) is 3.79. The van der Waals surface area contributed by atoms with Crippen molar-refractivity contribution in [1.29, 1.82) is 0 Å². The second-order valence-corrected chi connectivity index (χ2v) is 2.58. The highest BCUT2D eigenvalue weighted by Gasteiger charge is 2.20. The third-order valence-corrected chi connectivity index (χ3v) is 1.63. The number of hydrogen-bond acceptors (Lipinski definition) is 4. The summed E-state index contributed by atoms with van der Waals surface area (Å²) in [5.74, 6) is -2.19. The number of halogens is 3. The lowest BCUT2D eigenvalue weighted by atomic mass is 10.2. The number of hydrogen-bond donors (Lipinski definition) is 1.